The summed E-state index contributed by atoms with van der Waals surface area (Å²) in [5.41, 5.74) is 3.91. The summed E-state index contributed by atoms with van der Waals surface area (Å²) in [6, 6.07) is 5.44. The van der Waals surface area contributed by atoms with E-state index >= 15 is 0 Å². The van der Waals surface area contributed by atoms with Gasteiger partial charge in [-0.15, -0.1) is 0 Å². The van der Waals surface area contributed by atoms with Crippen LogP contribution < -0.4 is 10.6 Å². The molecule has 1 fully saturated rings. The third-order valence-electron chi connectivity index (χ3n) is 4.43. The number of pyridine rings is 1. The van der Waals surface area contributed by atoms with E-state index in [0.29, 0.717) is 18.1 Å². The zero-order valence-corrected chi connectivity index (χ0v) is 12.3. The highest BCUT2D eigenvalue weighted by Crippen LogP contribution is 2.29. The number of hydrogen-bond donors (Lipinski definition) is 2. The molecule has 20 heavy (non-hydrogen) atoms. The van der Waals surface area contributed by atoms with Crippen molar-refractivity contribution in [1.29, 1.82) is 0 Å². The van der Waals surface area contributed by atoms with Gasteiger partial charge in [0.25, 0.3) is 0 Å². The van der Waals surface area contributed by atoms with E-state index < -0.39 is 0 Å². The summed E-state index contributed by atoms with van der Waals surface area (Å²) in [5, 5.41) is 7.30. The molecule has 2 N–H and O–H groups in total. The van der Waals surface area contributed by atoms with Crippen LogP contribution in [0.3, 0.4) is 0 Å². The molecule has 2 aliphatic rings. The number of nitrogens with one attached hydrogen (secondary N) is 2. The van der Waals surface area contributed by atoms with Crippen LogP contribution in [0.2, 0.25) is 0 Å². The lowest BCUT2D eigenvalue weighted by Crippen LogP contribution is -2.51. The molecule has 1 aromatic heterocycles. The monoisotopic (exact) mass is 269 g/mol. The maximum Gasteiger partial charge on any atom is 0.0622 e. The van der Waals surface area contributed by atoms with E-state index in [2.05, 4.69) is 53.9 Å². The third kappa shape index (κ3) is 2.63. The fraction of sp³-hybridized carbons (Fsp3) is 0.471. The quantitative estimate of drug-likeness (QED) is 0.866. The molecule has 3 heteroatoms. The molecule has 0 amide bonds. The Hall–Kier alpha value is -1.61. The van der Waals surface area contributed by atoms with Crippen molar-refractivity contribution in [1.82, 2.24) is 15.6 Å². The number of dihydropyridines is 1. The van der Waals surface area contributed by atoms with Gasteiger partial charge in [-0.3, -0.25) is 4.98 Å². The zero-order valence-electron chi connectivity index (χ0n) is 12.3. The summed E-state index contributed by atoms with van der Waals surface area (Å²) in [6.07, 6.45) is 11.9. The van der Waals surface area contributed by atoms with Crippen molar-refractivity contribution in [3.63, 3.8) is 0 Å². The van der Waals surface area contributed by atoms with E-state index in [4.69, 9.17) is 0 Å². The number of rotatable bonds is 2. The predicted octanol–water partition coefficient (Wildman–Crippen LogP) is 3.01. The minimum atomic E-state index is 0.385. The summed E-state index contributed by atoms with van der Waals surface area (Å²) in [7, 11) is 0. The first kappa shape index (κ1) is 13.4. The van der Waals surface area contributed by atoms with Crippen molar-refractivity contribution in [2.45, 2.75) is 51.2 Å². The highest BCUT2D eigenvalue weighted by atomic mass is 15.1. The van der Waals surface area contributed by atoms with Crippen LogP contribution in [-0.2, 0) is 0 Å². The Labute approximate surface area is 121 Å². The summed E-state index contributed by atoms with van der Waals surface area (Å²) in [6.45, 7) is 4.36. The molecule has 0 aromatic carbocycles. The average molecular weight is 269 g/mol. The molecule has 3 nitrogen and oxygen atoms in total. The van der Waals surface area contributed by atoms with E-state index in [9.17, 15) is 0 Å². The van der Waals surface area contributed by atoms with Gasteiger partial charge < -0.3 is 10.6 Å². The second-order valence-electron chi connectivity index (χ2n) is 5.88. The van der Waals surface area contributed by atoms with Crippen LogP contribution in [0.5, 0.6) is 0 Å². The minimum Gasteiger partial charge on any atom is -0.383 e. The molecule has 3 atom stereocenters. The Morgan fingerprint density at radius 2 is 2.15 bits per heavy atom. The molecular weight excluding hydrogens is 246 g/mol. The first-order chi connectivity index (χ1) is 9.75. The lowest BCUT2D eigenvalue weighted by molar-refractivity contribution is 0.286. The molecular formula is C17H23N3. The molecule has 1 aromatic rings. The molecule has 0 spiro atoms. The van der Waals surface area contributed by atoms with Crippen LogP contribution in [0.1, 0.15) is 43.5 Å². The van der Waals surface area contributed by atoms with Crippen LogP contribution in [0.4, 0.5) is 0 Å². The van der Waals surface area contributed by atoms with Crippen molar-refractivity contribution < 1.29 is 0 Å². The third-order valence-corrected chi connectivity index (χ3v) is 4.43. The molecule has 3 heterocycles. The van der Waals surface area contributed by atoms with Gasteiger partial charge in [0.1, 0.15) is 0 Å². The van der Waals surface area contributed by atoms with Gasteiger partial charge in [0.2, 0.25) is 0 Å². The van der Waals surface area contributed by atoms with Crippen molar-refractivity contribution in [3.8, 4) is 0 Å². The molecule has 0 saturated carbocycles. The van der Waals surface area contributed by atoms with Gasteiger partial charge in [0.15, 0.2) is 0 Å². The molecule has 0 radical (unpaired) electrons. The van der Waals surface area contributed by atoms with Crippen LogP contribution in [0.15, 0.2) is 42.3 Å². The van der Waals surface area contributed by atoms with Gasteiger partial charge in [0, 0.05) is 12.2 Å². The molecule has 1 unspecified atom stereocenters. The standard InChI is InChI=1S/C17H23N3/c1-12-6-4-10-18-16(12)14-8-3-9-15(20-14)17-13(2)7-5-11-19-17/h4-7,10-11,14-16,18,20H,3,8-9H2,1-2H3/t14-,15+,16?/m1/s1. The van der Waals surface area contributed by atoms with Gasteiger partial charge in [0.05, 0.1) is 17.8 Å². The Balaban J connectivity index is 1.76. The van der Waals surface area contributed by atoms with Gasteiger partial charge in [-0.25, -0.2) is 0 Å². The fourth-order valence-corrected chi connectivity index (χ4v) is 3.34. The Bertz CT molecular complexity index is 533. The predicted molar refractivity (Wildman–Crippen MR) is 82.3 cm³/mol. The smallest absolute Gasteiger partial charge is 0.0622 e. The molecule has 2 aliphatic heterocycles. The number of allylic oxidation sites excluding steroid dienone is 2. The van der Waals surface area contributed by atoms with Crippen LogP contribution in [-0.4, -0.2) is 17.1 Å². The fourth-order valence-electron chi connectivity index (χ4n) is 3.34. The molecule has 0 bridgehead atoms. The van der Waals surface area contributed by atoms with E-state index in [1.165, 1.54) is 36.1 Å². The van der Waals surface area contributed by atoms with Crippen molar-refractivity contribution in [2.75, 3.05) is 0 Å². The van der Waals surface area contributed by atoms with Crippen molar-refractivity contribution in [3.05, 3.63) is 53.5 Å². The topological polar surface area (TPSA) is 37.0 Å². The first-order valence-electron chi connectivity index (χ1n) is 7.52. The summed E-state index contributed by atoms with van der Waals surface area (Å²) >= 11 is 0. The molecule has 3 rings (SSSR count). The number of nitrogens with zero attached hydrogens (tertiary/aromatic N) is 1. The number of piperidine rings is 1. The summed E-state index contributed by atoms with van der Waals surface area (Å²) in [4.78, 5) is 4.59. The Kier molecular flexibility index (Phi) is 3.88. The Morgan fingerprint density at radius 1 is 1.25 bits per heavy atom. The maximum atomic E-state index is 4.59. The second kappa shape index (κ2) is 5.80. The zero-order chi connectivity index (χ0) is 13.9. The van der Waals surface area contributed by atoms with Crippen LogP contribution in [0.25, 0.3) is 0 Å². The number of aryl methyl sites for hydroxylation is 1. The number of hydrogen-bond acceptors (Lipinski definition) is 3. The average Bonchev–Trinajstić information content (AvgIpc) is 2.48. The normalized spacial score (nSPS) is 29.7. The van der Waals surface area contributed by atoms with Crippen LogP contribution in [0, 0.1) is 6.92 Å². The van der Waals surface area contributed by atoms with Gasteiger partial charge >= 0.3 is 0 Å². The van der Waals surface area contributed by atoms with E-state index in [-0.39, 0.29) is 0 Å². The lowest BCUT2D eigenvalue weighted by Gasteiger charge is -2.37. The molecule has 106 valence electrons. The highest BCUT2D eigenvalue weighted by molar-refractivity contribution is 5.25. The second-order valence-corrected chi connectivity index (χ2v) is 5.88. The summed E-state index contributed by atoms with van der Waals surface area (Å²) in [5.74, 6) is 0. The lowest BCUT2D eigenvalue weighted by atomic mass is 9.87. The Morgan fingerprint density at radius 3 is 2.95 bits per heavy atom. The van der Waals surface area contributed by atoms with Gasteiger partial charge in [-0.1, -0.05) is 12.1 Å². The first-order valence-corrected chi connectivity index (χ1v) is 7.52. The SMILES string of the molecule is CC1=CC=CNC1[C@H]1CCC[C@@H](c2ncccc2C)N1. The van der Waals surface area contributed by atoms with Crippen LogP contribution >= 0.6 is 0 Å². The number of aromatic nitrogens is 1. The molecule has 1 saturated heterocycles. The van der Waals surface area contributed by atoms with E-state index in [1.54, 1.807) is 0 Å². The maximum absolute atomic E-state index is 4.59. The van der Waals surface area contributed by atoms with E-state index in [0.717, 1.165) is 0 Å². The van der Waals surface area contributed by atoms with Gasteiger partial charge in [-0.2, -0.15) is 0 Å². The highest BCUT2D eigenvalue weighted by Gasteiger charge is 2.30. The minimum absolute atomic E-state index is 0.385. The van der Waals surface area contributed by atoms with Crippen molar-refractivity contribution in [2.24, 2.45) is 0 Å². The summed E-state index contributed by atoms with van der Waals surface area (Å²) < 4.78 is 0. The van der Waals surface area contributed by atoms with Gasteiger partial charge in [-0.05, 0) is 62.6 Å². The van der Waals surface area contributed by atoms with Crippen molar-refractivity contribution >= 4 is 0 Å². The van der Waals surface area contributed by atoms with E-state index in [1.807, 2.05) is 12.3 Å². The molecule has 0 aliphatic carbocycles. The largest absolute Gasteiger partial charge is 0.383 e.